The summed E-state index contributed by atoms with van der Waals surface area (Å²) >= 11 is 1.58. The number of rotatable bonds is 6. The molecule has 0 atom stereocenters. The van der Waals surface area contributed by atoms with Gasteiger partial charge in [0, 0.05) is 11.3 Å². The predicted octanol–water partition coefficient (Wildman–Crippen LogP) is 0.182. The number of hydrazine groups is 1. The molecule has 0 unspecified atom stereocenters. The Labute approximate surface area is 111 Å². The van der Waals surface area contributed by atoms with Crippen LogP contribution in [-0.2, 0) is 10.0 Å². The summed E-state index contributed by atoms with van der Waals surface area (Å²) in [6.45, 7) is 4.24. The van der Waals surface area contributed by atoms with Crippen LogP contribution in [0.15, 0.2) is 17.3 Å². The van der Waals surface area contributed by atoms with E-state index in [0.717, 1.165) is 0 Å². The van der Waals surface area contributed by atoms with Gasteiger partial charge in [0.25, 0.3) is 0 Å². The molecule has 1 rings (SSSR count). The highest BCUT2D eigenvalue weighted by atomic mass is 32.2. The smallest absolute Gasteiger partial charge is 0.243 e. The molecule has 0 aromatic carbocycles. The van der Waals surface area contributed by atoms with E-state index in [1.165, 1.54) is 12.4 Å². The van der Waals surface area contributed by atoms with Gasteiger partial charge in [0.2, 0.25) is 16.0 Å². The summed E-state index contributed by atoms with van der Waals surface area (Å²) < 4.78 is 26.2. The number of nitrogen functional groups attached to an aromatic ring is 1. The zero-order valence-electron chi connectivity index (χ0n) is 10.5. The van der Waals surface area contributed by atoms with Crippen molar-refractivity contribution in [2.24, 2.45) is 5.84 Å². The van der Waals surface area contributed by atoms with Crippen LogP contribution < -0.4 is 16.0 Å². The lowest BCUT2D eigenvalue weighted by Gasteiger charge is -2.22. The van der Waals surface area contributed by atoms with Crippen LogP contribution in [0.2, 0.25) is 0 Å². The number of aromatic nitrogens is 2. The largest absolute Gasteiger partial charge is 0.292 e. The molecule has 9 heteroatoms. The van der Waals surface area contributed by atoms with Crippen molar-refractivity contribution in [2.45, 2.75) is 23.5 Å². The van der Waals surface area contributed by atoms with Crippen molar-refractivity contribution in [3.8, 4) is 0 Å². The fourth-order valence-electron chi connectivity index (χ4n) is 0.954. The third-order valence-electron chi connectivity index (χ3n) is 2.31. The molecule has 18 heavy (non-hydrogen) atoms. The first kappa shape index (κ1) is 15.2. The van der Waals surface area contributed by atoms with E-state index in [-0.39, 0.29) is 15.6 Å². The second kappa shape index (κ2) is 5.83. The Morgan fingerprint density at radius 2 is 1.94 bits per heavy atom. The van der Waals surface area contributed by atoms with Crippen LogP contribution in [0, 0.1) is 0 Å². The Morgan fingerprint density at radius 1 is 1.39 bits per heavy atom. The third kappa shape index (κ3) is 4.09. The van der Waals surface area contributed by atoms with Gasteiger partial charge in [-0.2, -0.15) is 11.8 Å². The van der Waals surface area contributed by atoms with Crippen LogP contribution in [0.25, 0.3) is 0 Å². The molecule has 1 aromatic rings. The number of nitrogens with one attached hydrogen (secondary N) is 2. The quantitative estimate of drug-likeness (QED) is 0.506. The van der Waals surface area contributed by atoms with Crippen molar-refractivity contribution in [1.29, 1.82) is 0 Å². The highest BCUT2D eigenvalue weighted by Gasteiger charge is 2.21. The molecule has 0 spiro atoms. The molecular formula is C9H17N5O2S2. The van der Waals surface area contributed by atoms with Gasteiger partial charge in [-0.15, -0.1) is 0 Å². The van der Waals surface area contributed by atoms with E-state index in [0.29, 0.717) is 6.54 Å². The molecule has 0 saturated carbocycles. The van der Waals surface area contributed by atoms with Gasteiger partial charge < -0.3 is 0 Å². The summed E-state index contributed by atoms with van der Waals surface area (Å²) in [5.74, 6) is 5.27. The van der Waals surface area contributed by atoms with Crippen LogP contribution in [0.1, 0.15) is 13.8 Å². The Kier molecular flexibility index (Phi) is 4.91. The van der Waals surface area contributed by atoms with Crippen molar-refractivity contribution in [3.05, 3.63) is 12.4 Å². The van der Waals surface area contributed by atoms with Crippen molar-refractivity contribution in [3.63, 3.8) is 0 Å². The van der Waals surface area contributed by atoms with Crippen LogP contribution in [0.5, 0.6) is 0 Å². The zero-order chi connectivity index (χ0) is 13.8. The molecule has 1 aromatic heterocycles. The molecule has 0 bridgehead atoms. The lowest BCUT2D eigenvalue weighted by atomic mass is 10.2. The molecule has 0 aliphatic rings. The SMILES string of the molecule is CSC(C)(C)CNS(=O)(=O)c1cnc(NN)nc1. The van der Waals surface area contributed by atoms with Gasteiger partial charge in [-0.05, 0) is 20.1 Å². The van der Waals surface area contributed by atoms with Crippen molar-refractivity contribution < 1.29 is 8.42 Å². The molecule has 0 fully saturated rings. The normalized spacial score (nSPS) is 12.4. The number of thioether (sulfide) groups is 1. The summed E-state index contributed by atoms with van der Waals surface area (Å²) in [4.78, 5) is 7.53. The standard InChI is InChI=1S/C9H17N5O2S2/c1-9(2,17-3)6-13-18(15,16)7-4-11-8(14-10)12-5-7/h4-5,13H,6,10H2,1-3H3,(H,11,12,14). The highest BCUT2D eigenvalue weighted by Crippen LogP contribution is 2.20. The number of sulfonamides is 1. The molecule has 0 aliphatic heterocycles. The summed E-state index contributed by atoms with van der Waals surface area (Å²) in [5.41, 5.74) is 2.23. The summed E-state index contributed by atoms with van der Waals surface area (Å²) in [6.07, 6.45) is 4.34. The van der Waals surface area contributed by atoms with Gasteiger partial charge >= 0.3 is 0 Å². The monoisotopic (exact) mass is 291 g/mol. The zero-order valence-corrected chi connectivity index (χ0v) is 12.1. The Morgan fingerprint density at radius 3 is 2.39 bits per heavy atom. The van der Waals surface area contributed by atoms with Crippen molar-refractivity contribution in [2.75, 3.05) is 18.2 Å². The van der Waals surface area contributed by atoms with Crippen LogP contribution in [-0.4, -0.2) is 35.9 Å². The number of hydrogen-bond acceptors (Lipinski definition) is 7. The molecule has 7 nitrogen and oxygen atoms in total. The van der Waals surface area contributed by atoms with Gasteiger partial charge in [-0.3, -0.25) is 5.43 Å². The topological polar surface area (TPSA) is 110 Å². The lowest BCUT2D eigenvalue weighted by molar-refractivity contribution is 0.570. The average molecular weight is 291 g/mol. The van der Waals surface area contributed by atoms with Crippen LogP contribution in [0.4, 0.5) is 5.95 Å². The first-order valence-corrected chi connectivity index (χ1v) is 7.85. The highest BCUT2D eigenvalue weighted by molar-refractivity contribution is 8.00. The van der Waals surface area contributed by atoms with Crippen LogP contribution >= 0.6 is 11.8 Å². The van der Waals surface area contributed by atoms with Gasteiger partial charge in [0.1, 0.15) is 4.90 Å². The summed E-state index contributed by atoms with van der Waals surface area (Å²) in [6, 6.07) is 0. The van der Waals surface area contributed by atoms with Gasteiger partial charge in [-0.25, -0.2) is 29.0 Å². The Balaban J connectivity index is 2.80. The van der Waals surface area contributed by atoms with E-state index >= 15 is 0 Å². The minimum Gasteiger partial charge on any atom is -0.292 e. The second-order valence-corrected chi connectivity index (χ2v) is 7.46. The van der Waals surface area contributed by atoms with E-state index < -0.39 is 10.0 Å². The van der Waals surface area contributed by atoms with Crippen molar-refractivity contribution in [1.82, 2.24) is 14.7 Å². The minimum absolute atomic E-state index is 0.0124. The molecule has 0 radical (unpaired) electrons. The fourth-order valence-corrected chi connectivity index (χ4v) is 2.36. The van der Waals surface area contributed by atoms with E-state index in [2.05, 4.69) is 20.1 Å². The molecule has 0 aliphatic carbocycles. The van der Waals surface area contributed by atoms with E-state index in [9.17, 15) is 8.42 Å². The first-order valence-electron chi connectivity index (χ1n) is 5.14. The molecule has 102 valence electrons. The Bertz CT molecular complexity index is 486. The maximum Gasteiger partial charge on any atom is 0.243 e. The maximum absolute atomic E-state index is 11.9. The van der Waals surface area contributed by atoms with E-state index in [4.69, 9.17) is 5.84 Å². The summed E-state index contributed by atoms with van der Waals surface area (Å²) in [7, 11) is -3.59. The number of hydrogen-bond donors (Lipinski definition) is 3. The second-order valence-electron chi connectivity index (χ2n) is 4.18. The molecule has 0 amide bonds. The number of anilines is 1. The first-order chi connectivity index (χ1) is 8.30. The van der Waals surface area contributed by atoms with Gasteiger partial charge in [0.15, 0.2) is 0 Å². The molecule has 4 N–H and O–H groups in total. The maximum atomic E-state index is 11.9. The average Bonchev–Trinajstić information content (AvgIpc) is 2.37. The van der Waals surface area contributed by atoms with E-state index in [1.54, 1.807) is 11.8 Å². The van der Waals surface area contributed by atoms with Crippen molar-refractivity contribution >= 4 is 27.7 Å². The minimum atomic E-state index is -3.59. The van der Waals surface area contributed by atoms with Crippen LogP contribution in [0.3, 0.4) is 0 Å². The number of nitrogens with zero attached hydrogens (tertiary/aromatic N) is 2. The number of nitrogens with two attached hydrogens (primary N) is 1. The predicted molar refractivity (Wildman–Crippen MR) is 72.6 cm³/mol. The summed E-state index contributed by atoms with van der Waals surface area (Å²) in [5, 5.41) is 0. The van der Waals surface area contributed by atoms with E-state index in [1.807, 2.05) is 20.1 Å². The molecular weight excluding hydrogens is 274 g/mol. The van der Waals surface area contributed by atoms with Gasteiger partial charge in [-0.1, -0.05) is 0 Å². The lowest BCUT2D eigenvalue weighted by Crippen LogP contribution is -2.36. The Hall–Kier alpha value is -0.900. The third-order valence-corrected chi connectivity index (χ3v) is 4.91. The fraction of sp³-hybridized carbons (Fsp3) is 0.556. The molecule has 0 saturated heterocycles. The van der Waals surface area contributed by atoms with Gasteiger partial charge in [0.05, 0.1) is 12.4 Å². The molecule has 1 heterocycles.